The first-order valence-corrected chi connectivity index (χ1v) is 7.88. The van der Waals surface area contributed by atoms with Crippen molar-refractivity contribution in [3.05, 3.63) is 53.5 Å². The van der Waals surface area contributed by atoms with Gasteiger partial charge in [0.15, 0.2) is 5.84 Å². The quantitative estimate of drug-likeness (QED) is 0.785. The third kappa shape index (κ3) is 2.29. The van der Waals surface area contributed by atoms with Crippen molar-refractivity contribution in [1.82, 2.24) is 14.8 Å². The van der Waals surface area contributed by atoms with Crippen molar-refractivity contribution in [1.29, 1.82) is 0 Å². The number of nitrogens with one attached hydrogen (secondary N) is 1. The van der Waals surface area contributed by atoms with E-state index in [1.54, 1.807) is 6.20 Å². The van der Waals surface area contributed by atoms with E-state index in [4.69, 9.17) is 0 Å². The van der Waals surface area contributed by atoms with Crippen LogP contribution in [-0.4, -0.2) is 20.6 Å². The van der Waals surface area contributed by atoms with Gasteiger partial charge in [-0.3, -0.25) is 14.7 Å². The Morgan fingerprint density at radius 2 is 2.09 bits per heavy atom. The van der Waals surface area contributed by atoms with Crippen molar-refractivity contribution in [3.8, 4) is 0 Å². The number of fused-ring (bicyclic) bond motifs is 2. The molecular weight excluding hydrogens is 286 g/mol. The molecular formula is C18H19N5. The van der Waals surface area contributed by atoms with E-state index in [0.29, 0.717) is 12.6 Å². The number of nitrogens with zero attached hydrogens (tertiary/aromatic N) is 4. The van der Waals surface area contributed by atoms with Crippen LogP contribution in [0.4, 0.5) is 5.69 Å². The zero-order chi connectivity index (χ0) is 16.0. The summed E-state index contributed by atoms with van der Waals surface area (Å²) in [6.45, 7) is 7.10. The summed E-state index contributed by atoms with van der Waals surface area (Å²) in [7, 11) is 0. The van der Waals surface area contributed by atoms with Crippen LogP contribution in [0.25, 0.3) is 10.9 Å². The summed E-state index contributed by atoms with van der Waals surface area (Å²) in [4.78, 5) is 8.99. The molecule has 1 N–H and O–H groups in total. The van der Waals surface area contributed by atoms with E-state index in [-0.39, 0.29) is 0 Å². The van der Waals surface area contributed by atoms with Gasteiger partial charge in [0.25, 0.3) is 0 Å². The Morgan fingerprint density at radius 1 is 1.22 bits per heavy atom. The minimum Gasteiger partial charge on any atom is -0.339 e. The Balaban J connectivity index is 1.70. The van der Waals surface area contributed by atoms with E-state index in [9.17, 15) is 0 Å². The number of rotatable bonds is 2. The molecule has 0 bridgehead atoms. The summed E-state index contributed by atoms with van der Waals surface area (Å²) in [6, 6.07) is 10.6. The third-order valence-corrected chi connectivity index (χ3v) is 4.22. The number of aliphatic imine (C=N–C) groups is 1. The molecule has 3 aromatic rings. The van der Waals surface area contributed by atoms with Crippen molar-refractivity contribution in [2.75, 3.05) is 5.32 Å². The highest BCUT2D eigenvalue weighted by molar-refractivity contribution is 6.09. The second-order valence-electron chi connectivity index (χ2n) is 6.16. The Hall–Kier alpha value is -2.69. The number of pyridine rings is 1. The van der Waals surface area contributed by atoms with E-state index >= 15 is 0 Å². The Morgan fingerprint density at radius 3 is 2.91 bits per heavy atom. The molecule has 4 rings (SSSR count). The Bertz CT molecular complexity index is 920. The standard InChI is InChI=1S/C18H19N5/c1-11(2)23-12(3)15-9-14(6-7-16(15)22-23)21-18-17-13(10-20-18)5-4-8-19-17/h4-9,11H,10H2,1-3H3,(H,20,21). The molecule has 0 aliphatic carbocycles. The van der Waals surface area contributed by atoms with Gasteiger partial charge in [0, 0.05) is 34.6 Å². The molecule has 1 aliphatic rings. The second kappa shape index (κ2) is 5.19. The molecule has 0 atom stereocenters. The van der Waals surface area contributed by atoms with Gasteiger partial charge in [0.1, 0.15) is 5.69 Å². The molecule has 0 saturated carbocycles. The molecule has 3 heterocycles. The highest BCUT2D eigenvalue weighted by Crippen LogP contribution is 2.25. The molecule has 0 unspecified atom stereocenters. The summed E-state index contributed by atoms with van der Waals surface area (Å²) >= 11 is 0. The maximum absolute atomic E-state index is 4.67. The number of hydrogen-bond acceptors (Lipinski definition) is 4. The van der Waals surface area contributed by atoms with Crippen LogP contribution >= 0.6 is 0 Å². The van der Waals surface area contributed by atoms with Gasteiger partial charge in [0.2, 0.25) is 0 Å². The van der Waals surface area contributed by atoms with Gasteiger partial charge >= 0.3 is 0 Å². The van der Waals surface area contributed by atoms with Gasteiger partial charge in [-0.25, -0.2) is 0 Å². The minimum absolute atomic E-state index is 0.356. The van der Waals surface area contributed by atoms with Gasteiger partial charge in [0.05, 0.1) is 12.1 Å². The fraction of sp³-hybridized carbons (Fsp3) is 0.278. The number of aryl methyl sites for hydroxylation is 1. The van der Waals surface area contributed by atoms with Gasteiger partial charge < -0.3 is 5.32 Å². The number of hydrogen-bond donors (Lipinski definition) is 1. The fourth-order valence-electron chi connectivity index (χ4n) is 3.06. The number of amidine groups is 1. The van der Waals surface area contributed by atoms with Crippen LogP contribution in [0.5, 0.6) is 0 Å². The lowest BCUT2D eigenvalue weighted by atomic mass is 10.2. The van der Waals surface area contributed by atoms with E-state index < -0.39 is 0 Å². The van der Waals surface area contributed by atoms with E-state index in [1.807, 2.05) is 12.1 Å². The first-order chi connectivity index (χ1) is 11.1. The van der Waals surface area contributed by atoms with Crippen molar-refractivity contribution >= 4 is 22.4 Å². The summed E-state index contributed by atoms with van der Waals surface area (Å²) < 4.78 is 2.07. The lowest BCUT2D eigenvalue weighted by Crippen LogP contribution is -2.13. The van der Waals surface area contributed by atoms with Crippen molar-refractivity contribution < 1.29 is 0 Å². The molecule has 0 fully saturated rings. The van der Waals surface area contributed by atoms with Crippen LogP contribution in [0.1, 0.15) is 36.8 Å². The summed E-state index contributed by atoms with van der Waals surface area (Å²) in [5, 5.41) is 9.24. The van der Waals surface area contributed by atoms with Crippen LogP contribution in [0, 0.1) is 6.92 Å². The monoisotopic (exact) mass is 305 g/mol. The predicted octanol–water partition coefficient (Wildman–Crippen LogP) is 3.69. The highest BCUT2D eigenvalue weighted by Gasteiger charge is 2.17. The summed E-state index contributed by atoms with van der Waals surface area (Å²) in [6.07, 6.45) is 1.81. The molecule has 5 heteroatoms. The van der Waals surface area contributed by atoms with Gasteiger partial charge in [-0.2, -0.15) is 5.10 Å². The van der Waals surface area contributed by atoms with Gasteiger partial charge in [-0.15, -0.1) is 0 Å². The first-order valence-electron chi connectivity index (χ1n) is 7.88. The topological polar surface area (TPSA) is 55.1 Å². The molecule has 2 aromatic heterocycles. The van der Waals surface area contributed by atoms with Gasteiger partial charge in [-0.1, -0.05) is 6.07 Å². The molecule has 0 spiro atoms. The average molecular weight is 305 g/mol. The smallest absolute Gasteiger partial charge is 0.152 e. The zero-order valence-corrected chi connectivity index (χ0v) is 13.5. The molecule has 0 radical (unpaired) electrons. The van der Waals surface area contributed by atoms with Crippen molar-refractivity contribution in [2.24, 2.45) is 4.99 Å². The Labute approximate surface area is 135 Å². The minimum atomic E-state index is 0.356. The van der Waals surface area contributed by atoms with E-state index in [0.717, 1.165) is 22.7 Å². The second-order valence-corrected chi connectivity index (χ2v) is 6.16. The third-order valence-electron chi connectivity index (χ3n) is 4.22. The van der Waals surface area contributed by atoms with E-state index in [2.05, 4.69) is 64.0 Å². The summed E-state index contributed by atoms with van der Waals surface area (Å²) in [5.74, 6) is 0.842. The molecule has 1 aromatic carbocycles. The number of benzene rings is 1. The summed E-state index contributed by atoms with van der Waals surface area (Å²) in [5.41, 5.74) is 5.34. The number of aromatic nitrogens is 3. The van der Waals surface area contributed by atoms with E-state index in [1.165, 1.54) is 16.6 Å². The molecule has 116 valence electrons. The lowest BCUT2D eigenvalue weighted by Gasteiger charge is -2.08. The molecule has 5 nitrogen and oxygen atoms in total. The maximum Gasteiger partial charge on any atom is 0.152 e. The first kappa shape index (κ1) is 13.9. The van der Waals surface area contributed by atoms with Crippen LogP contribution in [0.3, 0.4) is 0 Å². The molecule has 23 heavy (non-hydrogen) atoms. The van der Waals surface area contributed by atoms with Crippen LogP contribution in [0.15, 0.2) is 41.5 Å². The van der Waals surface area contributed by atoms with Gasteiger partial charge in [-0.05, 0) is 45.0 Å². The zero-order valence-electron chi connectivity index (χ0n) is 13.5. The van der Waals surface area contributed by atoms with Crippen LogP contribution < -0.4 is 5.32 Å². The highest BCUT2D eigenvalue weighted by atomic mass is 15.3. The van der Waals surface area contributed by atoms with Crippen LogP contribution in [0.2, 0.25) is 0 Å². The normalized spacial score (nSPS) is 13.5. The molecule has 1 aliphatic heterocycles. The molecule has 0 amide bonds. The SMILES string of the molecule is Cc1c2cc(NC3=NCc4cccnc43)ccc2nn1C(C)C. The average Bonchev–Trinajstić information content (AvgIpc) is 3.10. The molecule has 0 saturated heterocycles. The largest absolute Gasteiger partial charge is 0.339 e. The predicted molar refractivity (Wildman–Crippen MR) is 93.0 cm³/mol. The maximum atomic E-state index is 4.67. The van der Waals surface area contributed by atoms with Crippen molar-refractivity contribution in [3.63, 3.8) is 0 Å². The Kier molecular flexibility index (Phi) is 3.15. The lowest BCUT2D eigenvalue weighted by molar-refractivity contribution is 0.524. The van der Waals surface area contributed by atoms with Crippen molar-refractivity contribution in [2.45, 2.75) is 33.4 Å². The number of anilines is 1. The fourth-order valence-corrected chi connectivity index (χ4v) is 3.06. The van der Waals surface area contributed by atoms with Crippen LogP contribution in [-0.2, 0) is 6.54 Å².